The van der Waals surface area contributed by atoms with Crippen LogP contribution in [0.1, 0.15) is 11.1 Å². The second-order valence-corrected chi connectivity index (χ2v) is 5.19. The maximum atomic E-state index is 14.2. The van der Waals surface area contributed by atoms with E-state index in [9.17, 15) is 9.18 Å². The lowest BCUT2D eigenvalue weighted by Crippen LogP contribution is -2.13. The number of carbonyl (C=O) groups is 1. The van der Waals surface area contributed by atoms with Crippen LogP contribution in [0.4, 0.5) is 10.1 Å². The molecular weight excluding hydrogens is 307 g/mol. The molecule has 112 valence electrons. The molecule has 0 fully saturated rings. The first-order valence-electron chi connectivity index (χ1n) is 6.56. The van der Waals surface area contributed by atoms with E-state index in [-0.39, 0.29) is 18.0 Å². The number of hydrogen-bond donors (Lipinski definition) is 1. The maximum Gasteiger partial charge on any atom is 0.246 e. The van der Waals surface area contributed by atoms with Gasteiger partial charge in [-0.15, -0.1) is 0 Å². The first-order valence-corrected chi connectivity index (χ1v) is 6.94. The van der Waals surface area contributed by atoms with Crippen LogP contribution in [0, 0.1) is 5.82 Å². The number of hydrogen-bond acceptors (Lipinski definition) is 3. The molecule has 0 radical (unpaired) electrons. The van der Waals surface area contributed by atoms with Gasteiger partial charge in [-0.25, -0.2) is 4.39 Å². The highest BCUT2D eigenvalue weighted by atomic mass is 35.5. The summed E-state index contributed by atoms with van der Waals surface area (Å²) in [4.78, 5) is 16.0. The van der Waals surface area contributed by atoms with Gasteiger partial charge in [0.1, 0.15) is 18.1 Å². The van der Waals surface area contributed by atoms with Crippen molar-refractivity contribution >= 4 is 28.9 Å². The van der Waals surface area contributed by atoms with E-state index >= 15 is 0 Å². The van der Waals surface area contributed by atoms with Crippen LogP contribution in [-0.4, -0.2) is 25.3 Å². The molecule has 0 saturated carbocycles. The van der Waals surface area contributed by atoms with E-state index in [1.54, 1.807) is 24.3 Å². The van der Waals surface area contributed by atoms with Crippen molar-refractivity contribution in [2.24, 2.45) is 4.99 Å². The van der Waals surface area contributed by atoms with Crippen LogP contribution in [-0.2, 0) is 4.79 Å². The van der Waals surface area contributed by atoms with Gasteiger partial charge in [-0.3, -0.25) is 9.79 Å². The molecule has 3 rings (SSSR count). The first-order chi connectivity index (χ1) is 10.6. The highest BCUT2D eigenvalue weighted by Crippen LogP contribution is 2.28. The average Bonchev–Trinajstić information content (AvgIpc) is 2.66. The Morgan fingerprint density at radius 1 is 1.23 bits per heavy atom. The van der Waals surface area contributed by atoms with E-state index in [2.05, 4.69) is 10.3 Å². The van der Waals surface area contributed by atoms with Gasteiger partial charge in [0.25, 0.3) is 0 Å². The zero-order valence-corrected chi connectivity index (χ0v) is 12.4. The van der Waals surface area contributed by atoms with Crippen molar-refractivity contribution in [3.8, 4) is 5.75 Å². The van der Waals surface area contributed by atoms with Crippen LogP contribution >= 0.6 is 11.6 Å². The second-order valence-electron chi connectivity index (χ2n) is 4.75. The number of benzene rings is 2. The molecule has 2 aromatic carbocycles. The number of nitrogens with one attached hydrogen (secondary N) is 1. The topological polar surface area (TPSA) is 50.7 Å². The van der Waals surface area contributed by atoms with E-state index < -0.39 is 5.82 Å². The summed E-state index contributed by atoms with van der Waals surface area (Å²) < 4.78 is 19.4. The zero-order chi connectivity index (χ0) is 15.7. The number of nitrogens with zero attached hydrogens (tertiary/aromatic N) is 1. The number of methoxy groups -OCH3 is 1. The molecule has 22 heavy (non-hydrogen) atoms. The van der Waals surface area contributed by atoms with Crippen LogP contribution in [0.3, 0.4) is 0 Å². The number of amides is 1. The molecule has 2 aromatic rings. The summed E-state index contributed by atoms with van der Waals surface area (Å²) >= 11 is 6.03. The lowest BCUT2D eigenvalue weighted by molar-refractivity contribution is -0.114. The van der Waals surface area contributed by atoms with Gasteiger partial charge >= 0.3 is 0 Å². The molecule has 1 aliphatic heterocycles. The summed E-state index contributed by atoms with van der Waals surface area (Å²) in [6, 6.07) is 9.37. The molecule has 0 bridgehead atoms. The Bertz CT molecular complexity index is 790. The Balaban J connectivity index is 2.22. The van der Waals surface area contributed by atoms with Crippen LogP contribution in [0.2, 0.25) is 5.02 Å². The van der Waals surface area contributed by atoms with E-state index in [1.165, 1.54) is 19.2 Å². The third-order valence-corrected chi connectivity index (χ3v) is 3.56. The summed E-state index contributed by atoms with van der Waals surface area (Å²) in [5.74, 6) is -0.201. The Morgan fingerprint density at radius 3 is 2.82 bits per heavy atom. The Kier molecular flexibility index (Phi) is 3.81. The summed E-state index contributed by atoms with van der Waals surface area (Å²) in [7, 11) is 1.50. The predicted molar refractivity (Wildman–Crippen MR) is 83.5 cm³/mol. The van der Waals surface area contributed by atoms with Gasteiger partial charge < -0.3 is 10.1 Å². The molecule has 1 N–H and O–H groups in total. The van der Waals surface area contributed by atoms with Gasteiger partial charge in [-0.05, 0) is 36.4 Å². The molecule has 0 unspecified atom stereocenters. The first kappa shape index (κ1) is 14.5. The zero-order valence-electron chi connectivity index (χ0n) is 11.7. The van der Waals surface area contributed by atoms with Gasteiger partial charge in [0.2, 0.25) is 5.91 Å². The second kappa shape index (κ2) is 5.77. The largest absolute Gasteiger partial charge is 0.497 e. The monoisotopic (exact) mass is 318 g/mol. The summed E-state index contributed by atoms with van der Waals surface area (Å²) in [5, 5.41) is 3.21. The van der Waals surface area contributed by atoms with Crippen LogP contribution in [0.5, 0.6) is 5.75 Å². The highest BCUT2D eigenvalue weighted by Gasteiger charge is 2.21. The Morgan fingerprint density at radius 2 is 2.05 bits per heavy atom. The van der Waals surface area contributed by atoms with Gasteiger partial charge in [-0.2, -0.15) is 0 Å². The number of fused-ring (bicyclic) bond motifs is 1. The average molecular weight is 319 g/mol. The number of ether oxygens (including phenoxy) is 1. The van der Waals surface area contributed by atoms with E-state index in [0.717, 1.165) is 0 Å². The minimum absolute atomic E-state index is 0.0850. The van der Waals surface area contributed by atoms with Gasteiger partial charge in [-0.1, -0.05) is 11.6 Å². The van der Waals surface area contributed by atoms with Crippen LogP contribution < -0.4 is 10.1 Å². The molecule has 0 saturated heterocycles. The predicted octanol–water partition coefficient (Wildman–Crippen LogP) is 3.28. The third kappa shape index (κ3) is 2.67. The number of rotatable bonds is 2. The van der Waals surface area contributed by atoms with Gasteiger partial charge in [0, 0.05) is 16.1 Å². The van der Waals surface area contributed by atoms with Crippen molar-refractivity contribution in [1.82, 2.24) is 0 Å². The number of carbonyl (C=O) groups excluding carboxylic acids is 1. The molecule has 6 heteroatoms. The lowest BCUT2D eigenvalue weighted by Gasteiger charge is -2.12. The Hall–Kier alpha value is -2.40. The molecular formula is C16H12ClFN2O2. The number of benzodiazepines with no additional fused rings is 1. The number of aliphatic imine (C=N–C) groups is 1. The lowest BCUT2D eigenvalue weighted by atomic mass is 10.00. The minimum Gasteiger partial charge on any atom is -0.497 e. The fourth-order valence-corrected chi connectivity index (χ4v) is 2.46. The van der Waals surface area contributed by atoms with Crippen molar-refractivity contribution in [2.45, 2.75) is 0 Å². The third-order valence-electron chi connectivity index (χ3n) is 3.32. The molecule has 0 atom stereocenters. The number of anilines is 1. The minimum atomic E-state index is -0.445. The van der Waals surface area contributed by atoms with E-state index in [0.29, 0.717) is 27.7 Å². The van der Waals surface area contributed by atoms with Gasteiger partial charge in [0.15, 0.2) is 0 Å². The standard InChI is InChI=1S/C16H12ClFN2O2/c1-22-10-3-4-13(18)11(7-10)16-12-6-9(17)2-5-14(12)20-15(21)8-19-16/h2-7H,8H2,1H3,(H,20,21). The molecule has 0 spiro atoms. The summed E-state index contributed by atoms with van der Waals surface area (Å²) in [5.41, 5.74) is 1.75. The van der Waals surface area contributed by atoms with Crippen LogP contribution in [0.15, 0.2) is 41.4 Å². The smallest absolute Gasteiger partial charge is 0.246 e. The van der Waals surface area contributed by atoms with Crippen molar-refractivity contribution < 1.29 is 13.9 Å². The summed E-state index contributed by atoms with van der Waals surface area (Å²) in [6.07, 6.45) is 0. The fraction of sp³-hybridized carbons (Fsp3) is 0.125. The van der Waals surface area contributed by atoms with Crippen molar-refractivity contribution in [3.05, 3.63) is 58.4 Å². The van der Waals surface area contributed by atoms with Crippen LogP contribution in [0.25, 0.3) is 0 Å². The van der Waals surface area contributed by atoms with Crippen molar-refractivity contribution in [1.29, 1.82) is 0 Å². The van der Waals surface area contributed by atoms with E-state index in [1.807, 2.05) is 0 Å². The molecule has 0 aromatic heterocycles. The van der Waals surface area contributed by atoms with Gasteiger partial charge in [0.05, 0.1) is 18.5 Å². The maximum absolute atomic E-state index is 14.2. The number of halogens is 2. The molecule has 0 aliphatic carbocycles. The molecule has 1 heterocycles. The van der Waals surface area contributed by atoms with Crippen molar-refractivity contribution in [2.75, 3.05) is 19.0 Å². The fourth-order valence-electron chi connectivity index (χ4n) is 2.29. The summed E-state index contributed by atoms with van der Waals surface area (Å²) in [6.45, 7) is -0.0850. The highest BCUT2D eigenvalue weighted by molar-refractivity contribution is 6.32. The molecule has 1 aliphatic rings. The van der Waals surface area contributed by atoms with E-state index in [4.69, 9.17) is 16.3 Å². The Labute approximate surface area is 131 Å². The SMILES string of the molecule is COc1ccc(F)c(C2=NCC(=O)Nc3ccc(Cl)cc32)c1. The molecule has 1 amide bonds. The quantitative estimate of drug-likeness (QED) is 0.924. The van der Waals surface area contributed by atoms with Crippen molar-refractivity contribution in [3.63, 3.8) is 0 Å². The molecule has 4 nitrogen and oxygen atoms in total. The normalized spacial score (nSPS) is 13.8.